The van der Waals surface area contributed by atoms with Gasteiger partial charge in [-0.25, -0.2) is 4.39 Å². The van der Waals surface area contributed by atoms with Crippen molar-refractivity contribution < 1.29 is 19.0 Å². The molecular weight excluding hydrogens is 261 g/mol. The molecule has 1 aromatic rings. The van der Waals surface area contributed by atoms with Gasteiger partial charge in [-0.2, -0.15) is 0 Å². The van der Waals surface area contributed by atoms with E-state index in [9.17, 15) is 14.3 Å². The number of hydrogen-bond donors (Lipinski definition) is 1. The lowest BCUT2D eigenvalue weighted by Gasteiger charge is -2.17. The minimum Gasteiger partial charge on any atom is -0.490 e. The van der Waals surface area contributed by atoms with E-state index >= 15 is 0 Å². The summed E-state index contributed by atoms with van der Waals surface area (Å²) in [7, 11) is 0. The highest BCUT2D eigenvalue weighted by Gasteiger charge is 2.28. The predicted octanol–water partition coefficient (Wildman–Crippen LogP) is 1.82. The fraction of sp³-hybridized carbons (Fsp3) is 0.533. The quantitative estimate of drug-likeness (QED) is 0.895. The molecular formula is C15H20FNO3. The lowest BCUT2D eigenvalue weighted by molar-refractivity contribution is -0.130. The Morgan fingerprint density at radius 3 is 2.95 bits per heavy atom. The summed E-state index contributed by atoms with van der Waals surface area (Å²) >= 11 is 0. The number of ether oxygens (including phenoxy) is 1. The number of likely N-dealkylation sites (tertiary alicyclic amines) is 1. The number of halogens is 1. The van der Waals surface area contributed by atoms with Crippen molar-refractivity contribution >= 4 is 5.91 Å². The number of carbonyl (C=O) groups excluding carboxylic acids is 1. The molecule has 2 rings (SSSR count). The van der Waals surface area contributed by atoms with Gasteiger partial charge in [-0.1, -0.05) is 12.1 Å². The number of carbonyl (C=O) groups is 1. The normalized spacial score (nSPS) is 19.9. The molecule has 5 heteroatoms. The summed E-state index contributed by atoms with van der Waals surface area (Å²) in [5.74, 6) is -0.102. The van der Waals surface area contributed by atoms with Crippen LogP contribution in [-0.2, 0) is 4.79 Å². The molecule has 0 spiro atoms. The first kappa shape index (κ1) is 14.8. The Morgan fingerprint density at radius 1 is 1.55 bits per heavy atom. The molecule has 2 atom stereocenters. The second kappa shape index (κ2) is 6.70. The SMILES string of the molecule is CC(O)C1CCN(C(=O)CCOc2ccccc2F)C1. The standard InChI is InChI=1S/C15H20FNO3/c1-11(18)12-6-8-17(10-12)15(19)7-9-20-14-5-3-2-4-13(14)16/h2-5,11-12,18H,6-10H2,1H3. The first-order valence-corrected chi connectivity index (χ1v) is 6.91. The smallest absolute Gasteiger partial charge is 0.226 e. The average molecular weight is 281 g/mol. The lowest BCUT2D eigenvalue weighted by atomic mass is 10.0. The Kier molecular flexibility index (Phi) is 4.95. The number of rotatable bonds is 5. The van der Waals surface area contributed by atoms with Gasteiger partial charge in [0.1, 0.15) is 0 Å². The summed E-state index contributed by atoms with van der Waals surface area (Å²) in [6.07, 6.45) is 0.667. The summed E-state index contributed by atoms with van der Waals surface area (Å²) < 4.78 is 18.6. The van der Waals surface area contributed by atoms with Gasteiger partial charge in [0.2, 0.25) is 5.91 Å². The van der Waals surface area contributed by atoms with Crippen molar-refractivity contribution in [3.8, 4) is 5.75 Å². The van der Waals surface area contributed by atoms with Gasteiger partial charge >= 0.3 is 0 Å². The van der Waals surface area contributed by atoms with Crippen LogP contribution in [0.2, 0.25) is 0 Å². The van der Waals surface area contributed by atoms with E-state index in [0.717, 1.165) is 6.42 Å². The minimum absolute atomic E-state index is 0.00973. The zero-order valence-electron chi connectivity index (χ0n) is 11.6. The Hall–Kier alpha value is -1.62. The Bertz CT molecular complexity index is 464. The summed E-state index contributed by atoms with van der Waals surface area (Å²) in [6.45, 7) is 3.18. The third kappa shape index (κ3) is 3.70. The molecule has 4 nitrogen and oxygen atoms in total. The number of aliphatic hydroxyl groups excluding tert-OH is 1. The van der Waals surface area contributed by atoms with Crippen LogP contribution >= 0.6 is 0 Å². The molecule has 1 aliphatic heterocycles. The van der Waals surface area contributed by atoms with E-state index in [1.165, 1.54) is 6.07 Å². The molecule has 20 heavy (non-hydrogen) atoms. The van der Waals surface area contributed by atoms with Gasteiger partial charge in [-0.05, 0) is 25.5 Å². The number of para-hydroxylation sites is 1. The lowest BCUT2D eigenvalue weighted by Crippen LogP contribution is -2.31. The van der Waals surface area contributed by atoms with E-state index in [4.69, 9.17) is 4.74 Å². The van der Waals surface area contributed by atoms with Gasteiger partial charge in [0.15, 0.2) is 11.6 Å². The van der Waals surface area contributed by atoms with Crippen LogP contribution in [0.5, 0.6) is 5.75 Å². The molecule has 1 aliphatic rings. The predicted molar refractivity (Wildman–Crippen MR) is 72.9 cm³/mol. The highest BCUT2D eigenvalue weighted by molar-refractivity contribution is 5.76. The zero-order valence-corrected chi connectivity index (χ0v) is 11.6. The van der Waals surface area contributed by atoms with Gasteiger partial charge < -0.3 is 14.7 Å². The summed E-state index contributed by atoms with van der Waals surface area (Å²) in [6, 6.07) is 6.14. The fourth-order valence-corrected chi connectivity index (χ4v) is 2.38. The van der Waals surface area contributed by atoms with Gasteiger partial charge in [0.05, 0.1) is 19.1 Å². The molecule has 2 unspecified atom stereocenters. The van der Waals surface area contributed by atoms with Crippen LogP contribution in [0.15, 0.2) is 24.3 Å². The topological polar surface area (TPSA) is 49.8 Å². The maximum Gasteiger partial charge on any atom is 0.226 e. The first-order valence-electron chi connectivity index (χ1n) is 6.91. The summed E-state index contributed by atoms with van der Waals surface area (Å²) in [5.41, 5.74) is 0. The van der Waals surface area contributed by atoms with Crippen molar-refractivity contribution in [3.05, 3.63) is 30.1 Å². The van der Waals surface area contributed by atoms with Crippen molar-refractivity contribution in [2.75, 3.05) is 19.7 Å². The highest BCUT2D eigenvalue weighted by atomic mass is 19.1. The van der Waals surface area contributed by atoms with Crippen molar-refractivity contribution in [2.24, 2.45) is 5.92 Å². The van der Waals surface area contributed by atoms with E-state index < -0.39 is 5.82 Å². The van der Waals surface area contributed by atoms with Gasteiger partial charge in [0.25, 0.3) is 0 Å². The number of amides is 1. The van der Waals surface area contributed by atoms with Gasteiger partial charge in [-0.15, -0.1) is 0 Å². The monoisotopic (exact) mass is 281 g/mol. The van der Waals surface area contributed by atoms with Crippen molar-refractivity contribution in [1.82, 2.24) is 4.90 Å². The van der Waals surface area contributed by atoms with Crippen LogP contribution in [-0.4, -0.2) is 41.7 Å². The molecule has 1 amide bonds. The minimum atomic E-state index is -0.421. The molecule has 1 saturated heterocycles. The third-order valence-electron chi connectivity index (χ3n) is 3.67. The molecule has 0 radical (unpaired) electrons. The second-order valence-corrected chi connectivity index (χ2v) is 5.16. The molecule has 1 aromatic carbocycles. The Balaban J connectivity index is 1.75. The van der Waals surface area contributed by atoms with E-state index in [1.807, 2.05) is 0 Å². The van der Waals surface area contributed by atoms with E-state index in [1.54, 1.807) is 30.0 Å². The molecule has 0 saturated carbocycles. The molecule has 110 valence electrons. The maximum absolute atomic E-state index is 13.3. The van der Waals surface area contributed by atoms with Crippen LogP contribution in [0.25, 0.3) is 0 Å². The summed E-state index contributed by atoms with van der Waals surface area (Å²) in [5, 5.41) is 9.50. The van der Waals surface area contributed by atoms with E-state index in [2.05, 4.69) is 0 Å². The Labute approximate surface area is 118 Å². The number of aliphatic hydroxyl groups is 1. The molecule has 0 bridgehead atoms. The Morgan fingerprint density at radius 2 is 2.30 bits per heavy atom. The molecule has 1 N–H and O–H groups in total. The van der Waals surface area contributed by atoms with Crippen molar-refractivity contribution in [1.29, 1.82) is 0 Å². The van der Waals surface area contributed by atoms with E-state index in [0.29, 0.717) is 13.1 Å². The van der Waals surface area contributed by atoms with Crippen LogP contribution in [0, 0.1) is 11.7 Å². The molecule has 1 fully saturated rings. The molecule has 0 aromatic heterocycles. The van der Waals surface area contributed by atoms with Crippen LogP contribution in [0.1, 0.15) is 19.8 Å². The highest BCUT2D eigenvalue weighted by Crippen LogP contribution is 2.20. The third-order valence-corrected chi connectivity index (χ3v) is 3.67. The zero-order chi connectivity index (χ0) is 14.5. The largest absolute Gasteiger partial charge is 0.490 e. The van der Waals surface area contributed by atoms with Crippen LogP contribution < -0.4 is 4.74 Å². The first-order chi connectivity index (χ1) is 9.58. The van der Waals surface area contributed by atoms with Gasteiger partial charge in [-0.3, -0.25) is 4.79 Å². The molecule has 0 aliphatic carbocycles. The second-order valence-electron chi connectivity index (χ2n) is 5.16. The maximum atomic E-state index is 13.3. The van der Waals surface area contributed by atoms with Gasteiger partial charge in [0, 0.05) is 19.0 Å². The molecule has 1 heterocycles. The number of benzene rings is 1. The van der Waals surface area contributed by atoms with Crippen molar-refractivity contribution in [3.63, 3.8) is 0 Å². The van der Waals surface area contributed by atoms with Crippen LogP contribution in [0.3, 0.4) is 0 Å². The number of hydrogen-bond acceptors (Lipinski definition) is 3. The fourth-order valence-electron chi connectivity index (χ4n) is 2.38. The average Bonchev–Trinajstić information content (AvgIpc) is 2.91. The van der Waals surface area contributed by atoms with Crippen LogP contribution in [0.4, 0.5) is 4.39 Å². The summed E-state index contributed by atoms with van der Waals surface area (Å²) in [4.78, 5) is 13.7. The van der Waals surface area contributed by atoms with E-state index in [-0.39, 0.29) is 36.7 Å². The van der Waals surface area contributed by atoms with Crippen molar-refractivity contribution in [2.45, 2.75) is 25.9 Å². The number of nitrogens with zero attached hydrogens (tertiary/aromatic N) is 1.